The van der Waals surface area contributed by atoms with Gasteiger partial charge in [0.05, 0.1) is 0 Å². The maximum Gasteiger partial charge on any atom is 0.0406 e. The lowest BCUT2D eigenvalue weighted by atomic mass is 10.1. The molecule has 1 rings (SSSR count). The second-order valence-corrected chi connectivity index (χ2v) is 5.12. The van der Waals surface area contributed by atoms with E-state index in [-0.39, 0.29) is 5.54 Å². The molecule has 0 amide bonds. The van der Waals surface area contributed by atoms with Crippen LogP contribution in [0.15, 0.2) is 24.3 Å². The highest BCUT2D eigenvalue weighted by atomic mass is 35.5. The minimum atomic E-state index is 0.153. The van der Waals surface area contributed by atoms with Crippen LogP contribution in [-0.4, -0.2) is 25.7 Å². The van der Waals surface area contributed by atoms with Crippen molar-refractivity contribution in [2.45, 2.75) is 25.8 Å². The second kappa shape index (κ2) is 6.24. The maximum atomic E-state index is 5.83. The van der Waals surface area contributed by atoms with E-state index in [0.717, 1.165) is 24.5 Å². The second-order valence-electron chi connectivity index (χ2n) is 4.69. The standard InChI is InChI=1S/C13H21ClN2/c1-13(2,15-3)10-16-9-8-11-4-6-12(14)7-5-11/h4-7,15-16H,8-10H2,1-3H3. The molecule has 0 spiro atoms. The molecular formula is C13H21ClN2. The van der Waals surface area contributed by atoms with E-state index in [1.807, 2.05) is 19.2 Å². The highest BCUT2D eigenvalue weighted by molar-refractivity contribution is 6.30. The van der Waals surface area contributed by atoms with E-state index in [1.165, 1.54) is 5.56 Å². The predicted octanol–water partition coefficient (Wildman–Crippen LogP) is 2.47. The van der Waals surface area contributed by atoms with Crippen LogP contribution in [0.3, 0.4) is 0 Å². The van der Waals surface area contributed by atoms with Crippen LogP contribution in [0, 0.1) is 0 Å². The SMILES string of the molecule is CNC(C)(C)CNCCc1ccc(Cl)cc1. The number of nitrogens with one attached hydrogen (secondary N) is 2. The number of hydrogen-bond acceptors (Lipinski definition) is 2. The smallest absolute Gasteiger partial charge is 0.0406 e. The Kier molecular flexibility index (Phi) is 5.26. The predicted molar refractivity (Wildman–Crippen MR) is 71.2 cm³/mol. The average molecular weight is 241 g/mol. The first-order valence-corrected chi connectivity index (χ1v) is 6.05. The van der Waals surface area contributed by atoms with Gasteiger partial charge in [-0.3, -0.25) is 0 Å². The Morgan fingerprint density at radius 2 is 1.81 bits per heavy atom. The zero-order valence-electron chi connectivity index (χ0n) is 10.3. The Labute approximate surface area is 103 Å². The topological polar surface area (TPSA) is 24.1 Å². The Balaban J connectivity index is 2.23. The Bertz CT molecular complexity index is 306. The van der Waals surface area contributed by atoms with Crippen molar-refractivity contribution >= 4 is 11.6 Å². The molecule has 1 aromatic rings. The van der Waals surface area contributed by atoms with Gasteiger partial charge in [-0.15, -0.1) is 0 Å². The molecule has 2 N–H and O–H groups in total. The van der Waals surface area contributed by atoms with Gasteiger partial charge in [0, 0.05) is 17.1 Å². The van der Waals surface area contributed by atoms with Gasteiger partial charge in [-0.05, 0) is 51.6 Å². The first-order chi connectivity index (χ1) is 7.53. The van der Waals surface area contributed by atoms with Crippen molar-refractivity contribution in [3.63, 3.8) is 0 Å². The molecular weight excluding hydrogens is 220 g/mol. The van der Waals surface area contributed by atoms with Gasteiger partial charge in [0.15, 0.2) is 0 Å². The van der Waals surface area contributed by atoms with Gasteiger partial charge in [-0.1, -0.05) is 23.7 Å². The molecule has 0 aliphatic heterocycles. The molecule has 0 atom stereocenters. The summed E-state index contributed by atoms with van der Waals surface area (Å²) in [6.45, 7) is 6.33. The third-order valence-electron chi connectivity index (χ3n) is 2.75. The van der Waals surface area contributed by atoms with Crippen molar-refractivity contribution in [2.75, 3.05) is 20.1 Å². The molecule has 0 aliphatic carbocycles. The maximum absolute atomic E-state index is 5.83. The number of benzene rings is 1. The molecule has 3 heteroatoms. The van der Waals surface area contributed by atoms with Crippen LogP contribution in [0.1, 0.15) is 19.4 Å². The van der Waals surface area contributed by atoms with E-state index in [4.69, 9.17) is 11.6 Å². The van der Waals surface area contributed by atoms with E-state index in [1.54, 1.807) is 0 Å². The van der Waals surface area contributed by atoms with E-state index < -0.39 is 0 Å². The van der Waals surface area contributed by atoms with Crippen LogP contribution in [0.4, 0.5) is 0 Å². The first kappa shape index (κ1) is 13.5. The molecule has 16 heavy (non-hydrogen) atoms. The number of halogens is 1. The van der Waals surface area contributed by atoms with Gasteiger partial charge < -0.3 is 10.6 Å². The molecule has 0 aliphatic rings. The summed E-state index contributed by atoms with van der Waals surface area (Å²) in [5, 5.41) is 7.51. The Hall–Kier alpha value is -0.570. The van der Waals surface area contributed by atoms with Crippen molar-refractivity contribution < 1.29 is 0 Å². The molecule has 0 heterocycles. The fourth-order valence-corrected chi connectivity index (χ4v) is 1.50. The monoisotopic (exact) mass is 240 g/mol. The largest absolute Gasteiger partial charge is 0.315 e. The summed E-state index contributed by atoms with van der Waals surface area (Å²) >= 11 is 5.83. The molecule has 0 bridgehead atoms. The lowest BCUT2D eigenvalue weighted by Gasteiger charge is -2.24. The van der Waals surface area contributed by atoms with Crippen molar-refractivity contribution in [1.82, 2.24) is 10.6 Å². The highest BCUT2D eigenvalue weighted by Gasteiger charge is 2.12. The summed E-state index contributed by atoms with van der Waals surface area (Å²) in [5.41, 5.74) is 1.47. The average Bonchev–Trinajstić information content (AvgIpc) is 2.27. The fourth-order valence-electron chi connectivity index (χ4n) is 1.37. The van der Waals surface area contributed by atoms with E-state index in [0.29, 0.717) is 0 Å². The normalized spacial score (nSPS) is 11.8. The molecule has 0 fully saturated rings. The zero-order chi connectivity index (χ0) is 12.0. The number of rotatable bonds is 6. The fraction of sp³-hybridized carbons (Fsp3) is 0.538. The van der Waals surface area contributed by atoms with E-state index in [2.05, 4.69) is 36.6 Å². The summed E-state index contributed by atoms with van der Waals surface area (Å²) in [6.07, 6.45) is 1.04. The molecule has 0 saturated heterocycles. The van der Waals surface area contributed by atoms with Gasteiger partial charge in [0.1, 0.15) is 0 Å². The summed E-state index contributed by atoms with van der Waals surface area (Å²) in [5.74, 6) is 0. The zero-order valence-corrected chi connectivity index (χ0v) is 11.1. The molecule has 0 saturated carbocycles. The van der Waals surface area contributed by atoms with Crippen LogP contribution < -0.4 is 10.6 Å². The number of likely N-dealkylation sites (N-methyl/N-ethyl adjacent to an activating group) is 1. The molecule has 0 aromatic heterocycles. The molecule has 0 unspecified atom stereocenters. The van der Waals surface area contributed by atoms with Crippen molar-refractivity contribution in [3.8, 4) is 0 Å². The van der Waals surface area contributed by atoms with Crippen LogP contribution in [0.5, 0.6) is 0 Å². The first-order valence-electron chi connectivity index (χ1n) is 5.67. The molecule has 0 radical (unpaired) electrons. The van der Waals surface area contributed by atoms with Gasteiger partial charge >= 0.3 is 0 Å². The van der Waals surface area contributed by atoms with E-state index >= 15 is 0 Å². The molecule has 90 valence electrons. The third kappa shape index (κ3) is 4.97. The van der Waals surface area contributed by atoms with Gasteiger partial charge in [-0.2, -0.15) is 0 Å². The quantitative estimate of drug-likeness (QED) is 0.747. The van der Waals surface area contributed by atoms with Crippen LogP contribution >= 0.6 is 11.6 Å². The lowest BCUT2D eigenvalue weighted by Crippen LogP contribution is -2.46. The Morgan fingerprint density at radius 3 is 2.38 bits per heavy atom. The van der Waals surface area contributed by atoms with Gasteiger partial charge in [0.25, 0.3) is 0 Å². The lowest BCUT2D eigenvalue weighted by molar-refractivity contribution is 0.395. The van der Waals surface area contributed by atoms with Crippen LogP contribution in [0.2, 0.25) is 5.02 Å². The molecule has 1 aromatic carbocycles. The van der Waals surface area contributed by atoms with Crippen molar-refractivity contribution in [2.24, 2.45) is 0 Å². The minimum absolute atomic E-state index is 0.153. The molecule has 2 nitrogen and oxygen atoms in total. The summed E-state index contributed by atoms with van der Waals surface area (Å²) < 4.78 is 0. The summed E-state index contributed by atoms with van der Waals surface area (Å²) in [7, 11) is 1.99. The van der Waals surface area contributed by atoms with Gasteiger partial charge in [0.2, 0.25) is 0 Å². The van der Waals surface area contributed by atoms with Gasteiger partial charge in [-0.25, -0.2) is 0 Å². The van der Waals surface area contributed by atoms with Crippen molar-refractivity contribution in [3.05, 3.63) is 34.9 Å². The third-order valence-corrected chi connectivity index (χ3v) is 3.00. The van der Waals surface area contributed by atoms with Crippen LogP contribution in [-0.2, 0) is 6.42 Å². The summed E-state index contributed by atoms with van der Waals surface area (Å²) in [4.78, 5) is 0. The Morgan fingerprint density at radius 1 is 1.19 bits per heavy atom. The highest BCUT2D eigenvalue weighted by Crippen LogP contribution is 2.09. The summed E-state index contributed by atoms with van der Waals surface area (Å²) in [6, 6.07) is 8.03. The van der Waals surface area contributed by atoms with E-state index in [9.17, 15) is 0 Å². The van der Waals surface area contributed by atoms with Crippen LogP contribution in [0.25, 0.3) is 0 Å². The number of hydrogen-bond donors (Lipinski definition) is 2. The minimum Gasteiger partial charge on any atom is -0.315 e. The van der Waals surface area contributed by atoms with Crippen molar-refractivity contribution in [1.29, 1.82) is 0 Å².